The Morgan fingerprint density at radius 1 is 0.897 bits per heavy atom. The Balaban J connectivity index is 1.74. The van der Waals surface area contributed by atoms with E-state index in [1.807, 2.05) is 0 Å². The molecule has 1 heterocycles. The van der Waals surface area contributed by atoms with Crippen LogP contribution in [0.1, 0.15) is 78.8 Å². The van der Waals surface area contributed by atoms with E-state index in [1.165, 1.54) is 32.2 Å². The lowest BCUT2D eigenvalue weighted by molar-refractivity contribution is -0.146. The minimum absolute atomic E-state index is 0.0186. The molecule has 0 aromatic heterocycles. The third-order valence-electron chi connectivity index (χ3n) is 7.41. The number of methoxy groups -OCH3 is 1. The van der Waals surface area contributed by atoms with Crippen molar-refractivity contribution in [3.63, 3.8) is 0 Å². The summed E-state index contributed by atoms with van der Waals surface area (Å²) in [5, 5.41) is 33.5. The second-order valence-corrected chi connectivity index (χ2v) is 9.79. The Bertz CT molecular complexity index is 1680. The molecule has 3 N–H and O–H groups in total. The van der Waals surface area contributed by atoms with Crippen LogP contribution in [0.3, 0.4) is 0 Å². The van der Waals surface area contributed by atoms with Crippen LogP contribution in [0.25, 0.3) is 11.1 Å². The summed E-state index contributed by atoms with van der Waals surface area (Å²) in [6, 6.07) is 5.70. The van der Waals surface area contributed by atoms with Gasteiger partial charge in [-0.3, -0.25) is 14.4 Å². The van der Waals surface area contributed by atoms with E-state index < -0.39 is 58.5 Å². The van der Waals surface area contributed by atoms with Gasteiger partial charge in [0.2, 0.25) is 5.78 Å². The van der Waals surface area contributed by atoms with Crippen LogP contribution < -0.4 is 4.74 Å². The van der Waals surface area contributed by atoms with Gasteiger partial charge in [0.15, 0.2) is 5.78 Å². The van der Waals surface area contributed by atoms with Crippen molar-refractivity contribution in [1.29, 1.82) is 0 Å². The first kappa shape index (κ1) is 24.5. The van der Waals surface area contributed by atoms with Gasteiger partial charge in [0.25, 0.3) is 0 Å². The largest absolute Gasteiger partial charge is 0.507 e. The third-order valence-corrected chi connectivity index (χ3v) is 7.41. The van der Waals surface area contributed by atoms with Gasteiger partial charge in [0.1, 0.15) is 40.8 Å². The van der Waals surface area contributed by atoms with Gasteiger partial charge in [-0.05, 0) is 24.1 Å². The molecule has 0 bridgehead atoms. The van der Waals surface area contributed by atoms with Crippen LogP contribution in [0.5, 0.6) is 23.0 Å². The lowest BCUT2D eigenvalue weighted by atomic mass is 9.74. The summed E-state index contributed by atoms with van der Waals surface area (Å²) in [5.41, 5.74) is -0.172. The Labute approximate surface area is 221 Å². The molecule has 3 aliphatic rings. The maximum atomic E-state index is 13.7. The fourth-order valence-corrected chi connectivity index (χ4v) is 5.98. The van der Waals surface area contributed by atoms with E-state index in [0.717, 1.165) is 0 Å². The molecule has 198 valence electrons. The number of fused-ring (bicyclic) bond motifs is 6. The van der Waals surface area contributed by atoms with Crippen molar-refractivity contribution in [2.24, 2.45) is 0 Å². The van der Waals surface area contributed by atoms with E-state index in [4.69, 9.17) is 14.2 Å². The molecular formula is C29H22O10. The zero-order valence-corrected chi connectivity index (χ0v) is 21.1. The first-order chi connectivity index (χ1) is 18.5. The van der Waals surface area contributed by atoms with E-state index in [9.17, 15) is 34.5 Å². The normalized spacial score (nSPS) is 18.7. The maximum absolute atomic E-state index is 13.7. The number of phenols is 3. The van der Waals surface area contributed by atoms with Gasteiger partial charge >= 0.3 is 11.9 Å². The zero-order valence-electron chi connectivity index (χ0n) is 21.1. The second kappa shape index (κ2) is 8.32. The number of hydrogen-bond donors (Lipinski definition) is 3. The van der Waals surface area contributed by atoms with Crippen molar-refractivity contribution in [3.05, 3.63) is 68.8 Å². The number of aromatic hydroxyl groups is 3. The van der Waals surface area contributed by atoms with E-state index >= 15 is 0 Å². The predicted molar refractivity (Wildman–Crippen MR) is 134 cm³/mol. The zero-order chi connectivity index (χ0) is 27.9. The van der Waals surface area contributed by atoms with Crippen molar-refractivity contribution in [1.82, 2.24) is 0 Å². The van der Waals surface area contributed by atoms with E-state index in [2.05, 4.69) is 0 Å². The number of esters is 2. The maximum Gasteiger partial charge on any atom is 0.342 e. The summed E-state index contributed by atoms with van der Waals surface area (Å²) in [4.78, 5) is 52.2. The van der Waals surface area contributed by atoms with Crippen LogP contribution in [0, 0.1) is 0 Å². The lowest BCUT2D eigenvalue weighted by Gasteiger charge is -2.34. The monoisotopic (exact) mass is 530 g/mol. The molecule has 2 atom stereocenters. The number of carbonyl (C=O) groups excluding carboxylic acids is 4. The molecule has 39 heavy (non-hydrogen) atoms. The number of rotatable bonds is 2. The number of hydrogen-bond acceptors (Lipinski definition) is 10. The van der Waals surface area contributed by atoms with Crippen LogP contribution in [-0.4, -0.2) is 52.0 Å². The molecule has 2 aliphatic carbocycles. The average molecular weight is 530 g/mol. The minimum atomic E-state index is -1.07. The Morgan fingerprint density at radius 2 is 1.59 bits per heavy atom. The fraction of sp³-hybridized carbons (Fsp3) is 0.241. The third kappa shape index (κ3) is 3.27. The van der Waals surface area contributed by atoms with E-state index in [-0.39, 0.29) is 51.1 Å². The van der Waals surface area contributed by atoms with Gasteiger partial charge in [-0.15, -0.1) is 0 Å². The molecule has 3 aromatic rings. The van der Waals surface area contributed by atoms with Crippen molar-refractivity contribution in [2.45, 2.75) is 38.9 Å². The number of carbonyl (C=O) groups is 4. The number of phenolic OH excluding ortho intramolecular Hbond substituents is 3. The number of ether oxygens (including phenoxy) is 3. The molecule has 10 nitrogen and oxygen atoms in total. The Hall–Kier alpha value is -4.86. The van der Waals surface area contributed by atoms with Crippen LogP contribution >= 0.6 is 0 Å². The molecule has 0 amide bonds. The molecule has 1 aliphatic heterocycles. The molecule has 0 saturated heterocycles. The van der Waals surface area contributed by atoms with Crippen molar-refractivity contribution >= 4 is 23.5 Å². The highest BCUT2D eigenvalue weighted by Crippen LogP contribution is 2.57. The van der Waals surface area contributed by atoms with Crippen LogP contribution in [0.2, 0.25) is 0 Å². The molecule has 6 rings (SSSR count). The first-order valence-electron chi connectivity index (χ1n) is 12.2. The SMILES string of the molecule is COc1c2c(c(O)c3c1[C@H](OC(C)=O)Cc1cc4c(c(O)c1-3)C(=O)O[C@H](C)C4)C(=O)c1cccc(O)c1C2=O. The number of cyclic esters (lactones) is 1. The van der Waals surface area contributed by atoms with Crippen molar-refractivity contribution < 1.29 is 48.7 Å². The summed E-state index contributed by atoms with van der Waals surface area (Å²) < 4.78 is 16.5. The fourth-order valence-electron chi connectivity index (χ4n) is 5.98. The standard InChI is InChI=1S/C29H22O10/c1-10-7-12-8-13-9-16(39-11(2)30)20-21(17(13)25(33)18(12)29(36)38-10)27(35)22-23(28(20)37-3)26(34)19-14(24(22)32)5-4-6-15(19)31/h4-6,8,10,16,31,33,35H,7,9H2,1-3H3/t10-,16-/m1/s1. The first-order valence-corrected chi connectivity index (χ1v) is 12.2. The molecule has 0 saturated carbocycles. The summed E-state index contributed by atoms with van der Waals surface area (Å²) >= 11 is 0. The van der Waals surface area contributed by atoms with Gasteiger partial charge in [-0.25, -0.2) is 4.79 Å². The number of benzene rings is 3. The van der Waals surface area contributed by atoms with E-state index in [1.54, 1.807) is 13.0 Å². The minimum Gasteiger partial charge on any atom is -0.507 e. The molecule has 10 heteroatoms. The molecular weight excluding hydrogens is 508 g/mol. The highest BCUT2D eigenvalue weighted by Gasteiger charge is 2.45. The van der Waals surface area contributed by atoms with Crippen LogP contribution in [0.4, 0.5) is 0 Å². The Kier molecular flexibility index (Phi) is 5.22. The quantitative estimate of drug-likeness (QED) is 0.328. The summed E-state index contributed by atoms with van der Waals surface area (Å²) in [7, 11) is 1.25. The number of ketones is 2. The van der Waals surface area contributed by atoms with Crippen LogP contribution in [0.15, 0.2) is 24.3 Å². The topological polar surface area (TPSA) is 157 Å². The van der Waals surface area contributed by atoms with Crippen LogP contribution in [-0.2, 0) is 27.1 Å². The lowest BCUT2D eigenvalue weighted by Crippen LogP contribution is -2.28. The van der Waals surface area contributed by atoms with Gasteiger partial charge in [-0.2, -0.15) is 0 Å². The predicted octanol–water partition coefficient (Wildman–Crippen LogP) is 3.52. The molecule has 0 unspecified atom stereocenters. The van der Waals surface area contributed by atoms with Crippen molar-refractivity contribution in [3.8, 4) is 34.1 Å². The van der Waals surface area contributed by atoms with Gasteiger partial charge in [-0.1, -0.05) is 18.2 Å². The molecule has 0 radical (unpaired) electrons. The van der Waals surface area contributed by atoms with Gasteiger partial charge < -0.3 is 29.5 Å². The molecule has 0 spiro atoms. The van der Waals surface area contributed by atoms with E-state index in [0.29, 0.717) is 17.5 Å². The van der Waals surface area contributed by atoms with Gasteiger partial charge in [0, 0.05) is 42.0 Å². The average Bonchev–Trinajstić information content (AvgIpc) is 2.86. The summed E-state index contributed by atoms with van der Waals surface area (Å²) in [5.74, 6) is -4.62. The second-order valence-electron chi connectivity index (χ2n) is 9.79. The smallest absolute Gasteiger partial charge is 0.342 e. The van der Waals surface area contributed by atoms with Gasteiger partial charge in [0.05, 0.1) is 23.8 Å². The highest BCUT2D eigenvalue weighted by molar-refractivity contribution is 6.32. The highest BCUT2D eigenvalue weighted by atomic mass is 16.5. The Morgan fingerprint density at radius 3 is 2.28 bits per heavy atom. The van der Waals surface area contributed by atoms with Crippen molar-refractivity contribution in [2.75, 3.05) is 7.11 Å². The summed E-state index contributed by atoms with van der Waals surface area (Å²) in [6.45, 7) is 2.92. The summed E-state index contributed by atoms with van der Waals surface area (Å²) in [6.07, 6.45) is -1.15. The molecule has 3 aromatic carbocycles. The molecule has 0 fully saturated rings.